The molecule has 1 aliphatic carbocycles. The second kappa shape index (κ2) is 10.5. The van der Waals surface area contributed by atoms with Crippen molar-refractivity contribution in [3.8, 4) is 79.4 Å². The molecule has 7 aromatic rings. The van der Waals surface area contributed by atoms with Crippen LogP contribution in [0.2, 0.25) is 0 Å². The van der Waals surface area contributed by atoms with Crippen molar-refractivity contribution < 1.29 is 9.47 Å². The Balaban J connectivity index is 1.17. The van der Waals surface area contributed by atoms with Gasteiger partial charge in [-0.05, 0) is 63.7 Å². The molecule has 224 valence electrons. The van der Waals surface area contributed by atoms with Crippen LogP contribution in [0.25, 0.3) is 56.4 Å². The minimum Gasteiger partial charge on any atom is -0.449 e. The third kappa shape index (κ3) is 4.50. The fraction of sp³-hybridized carbons (Fsp3) is 0.0714. The first-order valence-corrected chi connectivity index (χ1v) is 15.8. The maximum Gasteiger partial charge on any atom is 0.181 e. The summed E-state index contributed by atoms with van der Waals surface area (Å²) in [6, 6.07) is 47.3. The van der Waals surface area contributed by atoms with E-state index in [2.05, 4.69) is 74.5 Å². The van der Waals surface area contributed by atoms with Gasteiger partial charge in [-0.2, -0.15) is 0 Å². The molecule has 0 bridgehead atoms. The molecule has 0 fully saturated rings. The van der Waals surface area contributed by atoms with Crippen LogP contribution in [-0.4, -0.2) is 15.0 Å². The molecule has 0 saturated carbocycles. The first kappa shape index (κ1) is 27.3. The van der Waals surface area contributed by atoms with Crippen molar-refractivity contribution in [3.05, 3.63) is 151 Å². The Morgan fingerprint density at radius 1 is 0.404 bits per heavy atom. The van der Waals surface area contributed by atoms with Crippen LogP contribution < -0.4 is 9.47 Å². The number of rotatable bonds is 4. The molecular weight excluding hydrogens is 578 g/mol. The van der Waals surface area contributed by atoms with Gasteiger partial charge in [-0.1, -0.05) is 123 Å². The van der Waals surface area contributed by atoms with Crippen molar-refractivity contribution in [2.24, 2.45) is 0 Å². The summed E-state index contributed by atoms with van der Waals surface area (Å²) in [4.78, 5) is 15.0. The highest BCUT2D eigenvalue weighted by Crippen LogP contribution is 2.56. The molecule has 9 rings (SSSR count). The predicted molar refractivity (Wildman–Crippen MR) is 186 cm³/mol. The van der Waals surface area contributed by atoms with E-state index in [1.165, 1.54) is 22.3 Å². The smallest absolute Gasteiger partial charge is 0.181 e. The Bertz CT molecular complexity index is 2330. The molecule has 47 heavy (non-hydrogen) atoms. The maximum absolute atomic E-state index is 6.72. The Hall–Kier alpha value is -6.07. The highest BCUT2D eigenvalue weighted by Gasteiger charge is 2.37. The molecule has 0 unspecified atom stereocenters. The van der Waals surface area contributed by atoms with E-state index in [9.17, 15) is 0 Å². The molecule has 6 aromatic carbocycles. The topological polar surface area (TPSA) is 57.1 Å². The van der Waals surface area contributed by atoms with Crippen LogP contribution in [-0.2, 0) is 5.41 Å². The second-order valence-corrected chi connectivity index (χ2v) is 12.5. The zero-order valence-electron chi connectivity index (χ0n) is 25.9. The van der Waals surface area contributed by atoms with Crippen LogP contribution >= 0.6 is 0 Å². The summed E-state index contributed by atoms with van der Waals surface area (Å²) < 4.78 is 13.3. The number of para-hydroxylation sites is 1. The van der Waals surface area contributed by atoms with Gasteiger partial charge in [0, 0.05) is 16.5 Å². The van der Waals surface area contributed by atoms with E-state index in [0.29, 0.717) is 40.5 Å². The number of ether oxygens (including phenoxy) is 2. The minimum absolute atomic E-state index is 0.161. The number of hydrogen-bond donors (Lipinski definition) is 0. The van der Waals surface area contributed by atoms with E-state index in [-0.39, 0.29) is 5.41 Å². The monoisotopic (exact) mass is 607 g/mol. The molecular formula is C42H29N3O2. The number of fused-ring (bicyclic) bond motifs is 5. The predicted octanol–water partition coefficient (Wildman–Crippen LogP) is 10.7. The van der Waals surface area contributed by atoms with E-state index in [0.717, 1.165) is 27.8 Å². The van der Waals surface area contributed by atoms with Gasteiger partial charge in [-0.3, -0.25) is 0 Å². The van der Waals surface area contributed by atoms with Gasteiger partial charge in [0.05, 0.1) is 5.56 Å². The molecule has 0 saturated heterocycles. The number of nitrogens with zero attached hydrogens (tertiary/aromatic N) is 3. The van der Waals surface area contributed by atoms with Gasteiger partial charge < -0.3 is 9.47 Å². The molecule has 5 heteroatoms. The Kier molecular flexibility index (Phi) is 6.09. The first-order chi connectivity index (χ1) is 23.0. The lowest BCUT2D eigenvalue weighted by Crippen LogP contribution is -2.15. The molecule has 0 radical (unpaired) electrons. The fourth-order valence-electron chi connectivity index (χ4n) is 6.78. The summed E-state index contributed by atoms with van der Waals surface area (Å²) in [7, 11) is 0. The first-order valence-electron chi connectivity index (χ1n) is 15.8. The molecule has 0 N–H and O–H groups in total. The van der Waals surface area contributed by atoms with E-state index in [1.54, 1.807) is 0 Å². The molecule has 2 aliphatic rings. The summed E-state index contributed by atoms with van der Waals surface area (Å²) in [5.74, 6) is 4.26. The molecule has 0 atom stereocenters. The molecule has 0 amide bonds. The largest absolute Gasteiger partial charge is 0.449 e. The average molecular weight is 608 g/mol. The van der Waals surface area contributed by atoms with Crippen molar-refractivity contribution in [2.75, 3.05) is 0 Å². The number of aromatic nitrogens is 3. The van der Waals surface area contributed by atoms with Gasteiger partial charge in [0.1, 0.15) is 0 Å². The van der Waals surface area contributed by atoms with Crippen molar-refractivity contribution in [2.45, 2.75) is 19.3 Å². The molecule has 2 heterocycles. The SMILES string of the molecule is CC1(C)c2ccccc2-c2cc3c(cc21)Oc1c(cccc1-c1nc(-c2ccccc2)nc(-c2cccc(-c4ccccc4)c2)n1)O3. The molecule has 1 aromatic heterocycles. The van der Waals surface area contributed by atoms with Crippen LogP contribution in [0.3, 0.4) is 0 Å². The summed E-state index contributed by atoms with van der Waals surface area (Å²) >= 11 is 0. The van der Waals surface area contributed by atoms with E-state index in [1.807, 2.05) is 78.9 Å². The van der Waals surface area contributed by atoms with Gasteiger partial charge in [0.2, 0.25) is 0 Å². The van der Waals surface area contributed by atoms with Gasteiger partial charge >= 0.3 is 0 Å². The normalized spacial score (nSPS) is 13.4. The number of benzene rings is 6. The molecule has 5 nitrogen and oxygen atoms in total. The maximum atomic E-state index is 6.72. The Morgan fingerprint density at radius 2 is 1.00 bits per heavy atom. The van der Waals surface area contributed by atoms with Crippen LogP contribution in [0.1, 0.15) is 25.0 Å². The van der Waals surface area contributed by atoms with Gasteiger partial charge in [-0.25, -0.2) is 15.0 Å². The Labute approximate surface area is 273 Å². The highest BCUT2D eigenvalue weighted by molar-refractivity contribution is 5.84. The van der Waals surface area contributed by atoms with Gasteiger partial charge in [0.15, 0.2) is 40.5 Å². The van der Waals surface area contributed by atoms with Crippen molar-refractivity contribution in [1.29, 1.82) is 0 Å². The summed E-state index contributed by atoms with van der Waals surface area (Å²) in [5, 5.41) is 0. The van der Waals surface area contributed by atoms with Gasteiger partial charge in [0.25, 0.3) is 0 Å². The summed E-state index contributed by atoms with van der Waals surface area (Å²) in [5.41, 5.74) is 9.54. The standard InChI is InChI=1S/C42H29N3O2/c1-42(2)33-21-10-9-19-30(33)32-24-36-37(25-34(32)42)47-38-31(20-12-22-35(38)46-36)41-44-39(27-15-7-4-8-16-27)43-40(45-41)29-18-11-17-28(23-29)26-13-5-3-6-14-26/h3-25H,1-2H3. The average Bonchev–Trinajstić information content (AvgIpc) is 3.35. The summed E-state index contributed by atoms with van der Waals surface area (Å²) in [6.07, 6.45) is 0. The Morgan fingerprint density at radius 3 is 1.81 bits per heavy atom. The lowest BCUT2D eigenvalue weighted by Gasteiger charge is -2.26. The lowest BCUT2D eigenvalue weighted by atomic mass is 9.82. The third-order valence-electron chi connectivity index (χ3n) is 9.19. The second-order valence-electron chi connectivity index (χ2n) is 12.5. The highest BCUT2D eigenvalue weighted by atomic mass is 16.6. The van der Waals surface area contributed by atoms with E-state index >= 15 is 0 Å². The van der Waals surface area contributed by atoms with Crippen LogP contribution in [0.4, 0.5) is 0 Å². The molecule has 0 spiro atoms. The van der Waals surface area contributed by atoms with Crippen LogP contribution in [0.5, 0.6) is 23.0 Å². The van der Waals surface area contributed by atoms with Crippen LogP contribution in [0, 0.1) is 0 Å². The minimum atomic E-state index is -0.161. The lowest BCUT2D eigenvalue weighted by molar-refractivity contribution is 0.360. The summed E-state index contributed by atoms with van der Waals surface area (Å²) in [6.45, 7) is 4.52. The quantitative estimate of drug-likeness (QED) is 0.199. The number of hydrogen-bond acceptors (Lipinski definition) is 5. The van der Waals surface area contributed by atoms with Crippen molar-refractivity contribution in [3.63, 3.8) is 0 Å². The van der Waals surface area contributed by atoms with E-state index in [4.69, 9.17) is 24.4 Å². The van der Waals surface area contributed by atoms with Crippen molar-refractivity contribution >= 4 is 0 Å². The van der Waals surface area contributed by atoms with Crippen molar-refractivity contribution in [1.82, 2.24) is 15.0 Å². The zero-order chi connectivity index (χ0) is 31.5. The van der Waals surface area contributed by atoms with Gasteiger partial charge in [-0.15, -0.1) is 0 Å². The third-order valence-corrected chi connectivity index (χ3v) is 9.19. The van der Waals surface area contributed by atoms with Crippen LogP contribution in [0.15, 0.2) is 140 Å². The molecule has 1 aliphatic heterocycles. The van der Waals surface area contributed by atoms with E-state index < -0.39 is 0 Å². The zero-order valence-corrected chi connectivity index (χ0v) is 25.9. The fourth-order valence-corrected chi connectivity index (χ4v) is 6.78.